The van der Waals surface area contributed by atoms with Gasteiger partial charge >= 0.3 is 0 Å². The third-order valence-electron chi connectivity index (χ3n) is 2.12. The Balaban J connectivity index is 2.26. The maximum atomic E-state index is 11.1. The first-order valence-corrected chi connectivity index (χ1v) is 5.20. The molecule has 1 aromatic rings. The average Bonchev–Trinajstić information content (AvgIpc) is 2.28. The summed E-state index contributed by atoms with van der Waals surface area (Å²) in [5, 5.41) is 12.3. The van der Waals surface area contributed by atoms with E-state index in [1.807, 2.05) is 30.3 Å². The normalized spacial score (nSPS) is 12.1. The smallest absolute Gasteiger partial charge is 0.246 e. The molecule has 2 N–H and O–H groups in total. The first-order valence-electron chi connectivity index (χ1n) is 5.20. The molecule has 4 heteroatoms. The van der Waals surface area contributed by atoms with E-state index in [1.165, 1.54) is 7.11 Å². The summed E-state index contributed by atoms with van der Waals surface area (Å²) in [7, 11) is 1.46. The van der Waals surface area contributed by atoms with Gasteiger partial charge in [0.25, 0.3) is 0 Å². The molecule has 0 spiro atoms. The molecule has 1 amide bonds. The second kappa shape index (κ2) is 6.98. The van der Waals surface area contributed by atoms with Crippen LogP contribution in [-0.4, -0.2) is 37.4 Å². The highest BCUT2D eigenvalue weighted by Gasteiger charge is 2.07. The highest BCUT2D eigenvalue weighted by atomic mass is 16.5. The minimum atomic E-state index is -0.566. The van der Waals surface area contributed by atoms with Crippen LogP contribution in [0.2, 0.25) is 0 Å². The van der Waals surface area contributed by atoms with E-state index in [1.54, 1.807) is 0 Å². The van der Waals surface area contributed by atoms with E-state index >= 15 is 0 Å². The van der Waals surface area contributed by atoms with Crippen molar-refractivity contribution in [2.24, 2.45) is 0 Å². The number of carbonyl (C=O) groups excluding carboxylic acids is 1. The molecular formula is C12H17NO3. The Morgan fingerprint density at radius 2 is 2.12 bits per heavy atom. The van der Waals surface area contributed by atoms with Crippen LogP contribution in [0.3, 0.4) is 0 Å². The van der Waals surface area contributed by atoms with Gasteiger partial charge in [0.05, 0.1) is 6.10 Å². The van der Waals surface area contributed by atoms with E-state index in [-0.39, 0.29) is 19.1 Å². The summed E-state index contributed by atoms with van der Waals surface area (Å²) in [4.78, 5) is 11.1. The summed E-state index contributed by atoms with van der Waals surface area (Å²) in [6.07, 6.45) is -0.0307. The van der Waals surface area contributed by atoms with Gasteiger partial charge in [-0.15, -0.1) is 0 Å². The number of benzene rings is 1. The van der Waals surface area contributed by atoms with E-state index in [2.05, 4.69) is 10.1 Å². The first kappa shape index (κ1) is 12.7. The molecule has 16 heavy (non-hydrogen) atoms. The van der Waals surface area contributed by atoms with Crippen LogP contribution in [0, 0.1) is 0 Å². The van der Waals surface area contributed by atoms with Crippen LogP contribution in [0.5, 0.6) is 0 Å². The predicted molar refractivity (Wildman–Crippen MR) is 61.0 cm³/mol. The third-order valence-corrected chi connectivity index (χ3v) is 2.12. The van der Waals surface area contributed by atoms with Crippen molar-refractivity contribution < 1.29 is 14.6 Å². The van der Waals surface area contributed by atoms with Gasteiger partial charge in [0.1, 0.15) is 6.61 Å². The Hall–Kier alpha value is -1.39. The van der Waals surface area contributed by atoms with Gasteiger partial charge in [-0.1, -0.05) is 30.3 Å². The minimum absolute atomic E-state index is 0.0259. The van der Waals surface area contributed by atoms with Crippen LogP contribution in [0.15, 0.2) is 30.3 Å². The molecule has 0 heterocycles. The first-order chi connectivity index (χ1) is 7.72. The van der Waals surface area contributed by atoms with Crippen LogP contribution >= 0.6 is 0 Å². The van der Waals surface area contributed by atoms with Crippen molar-refractivity contribution in [2.45, 2.75) is 12.5 Å². The van der Waals surface area contributed by atoms with E-state index in [0.29, 0.717) is 6.42 Å². The number of ether oxygens (including phenoxy) is 1. The molecule has 0 aliphatic heterocycles. The van der Waals surface area contributed by atoms with Crippen LogP contribution in [0.25, 0.3) is 0 Å². The fourth-order valence-corrected chi connectivity index (χ4v) is 1.37. The van der Waals surface area contributed by atoms with Crippen molar-refractivity contribution >= 4 is 5.91 Å². The maximum Gasteiger partial charge on any atom is 0.246 e. The number of hydrogen-bond acceptors (Lipinski definition) is 3. The Morgan fingerprint density at radius 1 is 1.44 bits per heavy atom. The molecular weight excluding hydrogens is 206 g/mol. The van der Waals surface area contributed by atoms with Crippen LogP contribution in [0.1, 0.15) is 5.56 Å². The fraction of sp³-hybridized carbons (Fsp3) is 0.417. The topological polar surface area (TPSA) is 58.6 Å². The monoisotopic (exact) mass is 223 g/mol. The quantitative estimate of drug-likeness (QED) is 0.731. The van der Waals surface area contributed by atoms with Crippen LogP contribution in [-0.2, 0) is 16.0 Å². The van der Waals surface area contributed by atoms with Crippen molar-refractivity contribution in [3.05, 3.63) is 35.9 Å². The van der Waals surface area contributed by atoms with Gasteiger partial charge in [0.2, 0.25) is 5.91 Å². The number of nitrogens with one attached hydrogen (secondary N) is 1. The van der Waals surface area contributed by atoms with Gasteiger partial charge in [-0.25, -0.2) is 0 Å². The highest BCUT2D eigenvalue weighted by Crippen LogP contribution is 2.02. The molecule has 0 aliphatic carbocycles. The van der Waals surface area contributed by atoms with Gasteiger partial charge in [-0.05, 0) is 5.56 Å². The van der Waals surface area contributed by atoms with E-state index in [9.17, 15) is 9.90 Å². The lowest BCUT2D eigenvalue weighted by atomic mass is 10.1. The molecule has 88 valence electrons. The molecule has 1 unspecified atom stereocenters. The number of hydrogen-bond donors (Lipinski definition) is 2. The zero-order valence-electron chi connectivity index (χ0n) is 9.35. The zero-order chi connectivity index (χ0) is 11.8. The molecule has 0 saturated heterocycles. The van der Waals surface area contributed by atoms with E-state index in [4.69, 9.17) is 0 Å². The van der Waals surface area contributed by atoms with Gasteiger partial charge in [-0.3, -0.25) is 4.79 Å². The Kier molecular flexibility index (Phi) is 5.53. The molecule has 1 atom stereocenters. The lowest BCUT2D eigenvalue weighted by Crippen LogP contribution is -2.35. The summed E-state index contributed by atoms with van der Waals surface area (Å²) in [6.45, 7) is 0.273. The Bertz CT molecular complexity index is 313. The number of rotatable bonds is 6. The standard InChI is InChI=1S/C12H17NO3/c1-16-9-12(15)13-8-11(14)7-10-5-3-2-4-6-10/h2-6,11,14H,7-9H2,1H3,(H,13,15). The number of methoxy groups -OCH3 is 1. The highest BCUT2D eigenvalue weighted by molar-refractivity contribution is 5.77. The number of amides is 1. The van der Waals surface area contributed by atoms with Crippen molar-refractivity contribution in [3.63, 3.8) is 0 Å². The molecule has 1 aromatic carbocycles. The second-order valence-electron chi connectivity index (χ2n) is 3.58. The Morgan fingerprint density at radius 3 is 2.75 bits per heavy atom. The number of aliphatic hydroxyl groups excluding tert-OH is 1. The zero-order valence-corrected chi connectivity index (χ0v) is 9.35. The maximum absolute atomic E-state index is 11.1. The van der Waals surface area contributed by atoms with Crippen molar-refractivity contribution in [1.29, 1.82) is 0 Å². The minimum Gasteiger partial charge on any atom is -0.391 e. The number of aliphatic hydroxyl groups is 1. The lowest BCUT2D eigenvalue weighted by Gasteiger charge is -2.11. The number of carbonyl (C=O) groups is 1. The summed E-state index contributed by atoms with van der Waals surface area (Å²) in [5.74, 6) is -0.213. The lowest BCUT2D eigenvalue weighted by molar-refractivity contribution is -0.125. The predicted octanol–water partition coefficient (Wildman–Crippen LogP) is 0.353. The van der Waals surface area contributed by atoms with Gasteiger partial charge < -0.3 is 15.2 Å². The van der Waals surface area contributed by atoms with Crippen LogP contribution in [0.4, 0.5) is 0 Å². The van der Waals surface area contributed by atoms with Crippen molar-refractivity contribution in [1.82, 2.24) is 5.32 Å². The summed E-state index contributed by atoms with van der Waals surface area (Å²) >= 11 is 0. The third kappa shape index (κ3) is 4.91. The van der Waals surface area contributed by atoms with Gasteiger partial charge in [0, 0.05) is 20.1 Å². The molecule has 4 nitrogen and oxygen atoms in total. The molecule has 0 aromatic heterocycles. The second-order valence-corrected chi connectivity index (χ2v) is 3.58. The van der Waals surface area contributed by atoms with E-state index in [0.717, 1.165) is 5.56 Å². The van der Waals surface area contributed by atoms with E-state index < -0.39 is 6.10 Å². The Labute approximate surface area is 95.2 Å². The molecule has 0 fully saturated rings. The summed E-state index contributed by atoms with van der Waals surface area (Å²) in [6, 6.07) is 9.66. The summed E-state index contributed by atoms with van der Waals surface area (Å²) in [5.41, 5.74) is 1.05. The van der Waals surface area contributed by atoms with Gasteiger partial charge in [0.15, 0.2) is 0 Å². The molecule has 0 radical (unpaired) electrons. The molecule has 1 rings (SSSR count). The molecule has 0 saturated carbocycles. The summed E-state index contributed by atoms with van der Waals surface area (Å²) < 4.78 is 4.66. The fourth-order valence-electron chi connectivity index (χ4n) is 1.37. The largest absolute Gasteiger partial charge is 0.391 e. The average molecular weight is 223 g/mol. The molecule has 0 aliphatic rings. The van der Waals surface area contributed by atoms with Crippen molar-refractivity contribution in [2.75, 3.05) is 20.3 Å². The molecule has 0 bridgehead atoms. The van der Waals surface area contributed by atoms with Crippen LogP contribution < -0.4 is 5.32 Å². The van der Waals surface area contributed by atoms with Crippen molar-refractivity contribution in [3.8, 4) is 0 Å². The SMILES string of the molecule is COCC(=O)NCC(O)Cc1ccccc1. The van der Waals surface area contributed by atoms with Gasteiger partial charge in [-0.2, -0.15) is 0 Å².